The molecule has 1 heteroatoms. The zero-order valence-corrected chi connectivity index (χ0v) is 26.0. The van der Waals surface area contributed by atoms with Gasteiger partial charge in [-0.2, -0.15) is 0 Å². The number of rotatable bonds is 4. The molecule has 1 aliphatic rings. The summed E-state index contributed by atoms with van der Waals surface area (Å²) in [5, 5.41) is 7.56. The number of hydrogen-bond acceptors (Lipinski definition) is 1. The van der Waals surface area contributed by atoms with Gasteiger partial charge in [0.25, 0.3) is 0 Å². The second kappa shape index (κ2) is 10.2. The topological polar surface area (TPSA) is 3.24 Å². The smallest absolute Gasteiger partial charge is 0.0468 e. The summed E-state index contributed by atoms with van der Waals surface area (Å²) in [6.45, 7) is 4.70. The lowest BCUT2D eigenvalue weighted by Crippen LogP contribution is -2.16. The van der Waals surface area contributed by atoms with Crippen molar-refractivity contribution in [2.24, 2.45) is 0 Å². The number of fused-ring (bicyclic) bond motifs is 7. The van der Waals surface area contributed by atoms with Crippen LogP contribution in [-0.2, 0) is 5.41 Å². The zero-order valence-electron chi connectivity index (χ0n) is 26.0. The van der Waals surface area contributed by atoms with E-state index in [1.165, 1.54) is 71.4 Å². The fourth-order valence-electron chi connectivity index (χ4n) is 7.68. The first-order chi connectivity index (χ1) is 22.6. The lowest BCUT2D eigenvalue weighted by atomic mass is 9.82. The second-order valence-electron chi connectivity index (χ2n) is 13.0. The van der Waals surface area contributed by atoms with Gasteiger partial charge in [0.05, 0.1) is 0 Å². The van der Waals surface area contributed by atoms with Gasteiger partial charge in [-0.3, -0.25) is 0 Å². The molecule has 46 heavy (non-hydrogen) atoms. The van der Waals surface area contributed by atoms with Crippen molar-refractivity contribution in [3.05, 3.63) is 175 Å². The van der Waals surface area contributed by atoms with E-state index >= 15 is 0 Å². The van der Waals surface area contributed by atoms with Gasteiger partial charge in [0.2, 0.25) is 0 Å². The van der Waals surface area contributed by atoms with Gasteiger partial charge in [-0.05, 0) is 114 Å². The van der Waals surface area contributed by atoms with Crippen LogP contribution in [0.15, 0.2) is 164 Å². The molecule has 8 aromatic carbocycles. The van der Waals surface area contributed by atoms with E-state index in [4.69, 9.17) is 0 Å². The van der Waals surface area contributed by atoms with Crippen LogP contribution in [0.2, 0.25) is 0 Å². The molecule has 8 aromatic rings. The molecule has 0 bridgehead atoms. The summed E-state index contributed by atoms with van der Waals surface area (Å²) in [5.74, 6) is 0. The number of nitrogens with zero attached hydrogens (tertiary/aromatic N) is 1. The summed E-state index contributed by atoms with van der Waals surface area (Å²) in [7, 11) is 0. The molecule has 0 saturated heterocycles. The maximum Gasteiger partial charge on any atom is 0.0468 e. The number of hydrogen-bond donors (Lipinski definition) is 0. The summed E-state index contributed by atoms with van der Waals surface area (Å²) in [5.41, 5.74) is 11.3. The van der Waals surface area contributed by atoms with Crippen molar-refractivity contribution in [3.63, 3.8) is 0 Å². The van der Waals surface area contributed by atoms with E-state index in [0.29, 0.717) is 0 Å². The molecular weight excluding hydrogens is 555 g/mol. The first-order valence-electron chi connectivity index (χ1n) is 16.1. The van der Waals surface area contributed by atoms with E-state index in [1.807, 2.05) is 0 Å². The Labute approximate surface area is 270 Å². The Morgan fingerprint density at radius 2 is 1.04 bits per heavy atom. The van der Waals surface area contributed by atoms with Crippen LogP contribution in [0, 0.1) is 0 Å². The molecular formula is C45H33N. The minimum atomic E-state index is -0.0736. The van der Waals surface area contributed by atoms with Gasteiger partial charge in [-0.25, -0.2) is 0 Å². The van der Waals surface area contributed by atoms with Gasteiger partial charge < -0.3 is 4.90 Å². The van der Waals surface area contributed by atoms with Gasteiger partial charge in [-0.15, -0.1) is 0 Å². The van der Waals surface area contributed by atoms with Crippen molar-refractivity contribution in [1.82, 2.24) is 0 Å². The third kappa shape index (κ3) is 4.09. The van der Waals surface area contributed by atoms with Crippen LogP contribution in [0.25, 0.3) is 54.6 Å². The summed E-state index contributed by atoms with van der Waals surface area (Å²) >= 11 is 0. The highest BCUT2D eigenvalue weighted by atomic mass is 15.1. The van der Waals surface area contributed by atoms with Gasteiger partial charge in [0.15, 0.2) is 0 Å². The molecule has 218 valence electrons. The molecule has 0 aliphatic heterocycles. The van der Waals surface area contributed by atoms with Gasteiger partial charge in [0, 0.05) is 22.5 Å². The first kappa shape index (κ1) is 26.7. The molecule has 9 rings (SSSR count). The molecule has 0 amide bonds. The van der Waals surface area contributed by atoms with Crippen molar-refractivity contribution in [2.75, 3.05) is 4.90 Å². The standard InChI is InChI=1S/C45H33N/c1-45(2)43-19-11-10-18-39(43)40-25-23-36(29-44(40)45)46(34-15-4-3-5-16-34)35-22-24-38-37-17-9-8-14-32(37)27-41(42(38)28-35)33-21-20-30-12-6-7-13-31(30)26-33/h3-29H,1-2H3. The van der Waals surface area contributed by atoms with Crippen molar-refractivity contribution < 1.29 is 0 Å². The van der Waals surface area contributed by atoms with Gasteiger partial charge >= 0.3 is 0 Å². The Morgan fingerprint density at radius 3 is 1.91 bits per heavy atom. The van der Waals surface area contributed by atoms with Crippen LogP contribution in [0.1, 0.15) is 25.0 Å². The summed E-state index contributed by atoms with van der Waals surface area (Å²) < 4.78 is 0. The largest absolute Gasteiger partial charge is 0.310 e. The fourth-order valence-corrected chi connectivity index (χ4v) is 7.68. The van der Waals surface area contributed by atoms with E-state index in [2.05, 4.69) is 183 Å². The second-order valence-corrected chi connectivity index (χ2v) is 13.0. The number of anilines is 3. The molecule has 0 heterocycles. The highest BCUT2D eigenvalue weighted by molar-refractivity contribution is 6.15. The fraction of sp³-hybridized carbons (Fsp3) is 0.0667. The van der Waals surface area contributed by atoms with E-state index in [1.54, 1.807) is 0 Å². The van der Waals surface area contributed by atoms with Gasteiger partial charge in [0.1, 0.15) is 0 Å². The van der Waals surface area contributed by atoms with Crippen LogP contribution in [0.5, 0.6) is 0 Å². The van der Waals surface area contributed by atoms with Gasteiger partial charge in [-0.1, -0.05) is 129 Å². The molecule has 0 fully saturated rings. The Balaban J connectivity index is 1.28. The van der Waals surface area contributed by atoms with E-state index in [0.717, 1.165) is 11.4 Å². The third-order valence-corrected chi connectivity index (χ3v) is 10.0. The molecule has 0 N–H and O–H groups in total. The minimum Gasteiger partial charge on any atom is -0.310 e. The molecule has 1 aliphatic carbocycles. The van der Waals surface area contributed by atoms with E-state index in [-0.39, 0.29) is 5.41 Å². The van der Waals surface area contributed by atoms with E-state index < -0.39 is 0 Å². The van der Waals surface area contributed by atoms with Crippen LogP contribution in [-0.4, -0.2) is 0 Å². The molecule has 0 unspecified atom stereocenters. The van der Waals surface area contributed by atoms with E-state index in [9.17, 15) is 0 Å². The minimum absolute atomic E-state index is 0.0736. The number of para-hydroxylation sites is 1. The van der Waals surface area contributed by atoms with Crippen LogP contribution < -0.4 is 4.90 Å². The Bertz CT molecular complexity index is 2450. The average Bonchev–Trinajstić information content (AvgIpc) is 3.34. The molecule has 0 aromatic heterocycles. The highest BCUT2D eigenvalue weighted by Gasteiger charge is 2.35. The summed E-state index contributed by atoms with van der Waals surface area (Å²) in [6, 6.07) is 60.3. The maximum atomic E-state index is 2.41. The third-order valence-electron chi connectivity index (χ3n) is 10.0. The highest BCUT2D eigenvalue weighted by Crippen LogP contribution is 2.51. The van der Waals surface area contributed by atoms with Crippen molar-refractivity contribution >= 4 is 49.4 Å². The average molecular weight is 588 g/mol. The zero-order chi connectivity index (χ0) is 30.8. The summed E-state index contributed by atoms with van der Waals surface area (Å²) in [6.07, 6.45) is 0. The predicted octanol–water partition coefficient (Wildman–Crippen LogP) is 12.6. The molecule has 1 nitrogen and oxygen atoms in total. The summed E-state index contributed by atoms with van der Waals surface area (Å²) in [4.78, 5) is 2.41. The van der Waals surface area contributed by atoms with Crippen molar-refractivity contribution in [1.29, 1.82) is 0 Å². The SMILES string of the molecule is CC1(C)c2ccccc2-c2ccc(N(c3ccccc3)c3ccc4c(c3)c(-c3ccc5ccccc5c3)cc3ccccc34)cc21. The Kier molecular flexibility index (Phi) is 5.92. The van der Waals surface area contributed by atoms with Crippen molar-refractivity contribution in [2.45, 2.75) is 19.3 Å². The lowest BCUT2D eigenvalue weighted by Gasteiger charge is -2.28. The Hall–Kier alpha value is -5.66. The first-order valence-corrected chi connectivity index (χ1v) is 16.1. The molecule has 0 atom stereocenters. The molecule has 0 saturated carbocycles. The quantitative estimate of drug-likeness (QED) is 0.185. The normalized spacial score (nSPS) is 13.2. The monoisotopic (exact) mass is 587 g/mol. The lowest BCUT2D eigenvalue weighted by molar-refractivity contribution is 0.660. The van der Waals surface area contributed by atoms with Crippen LogP contribution in [0.4, 0.5) is 17.1 Å². The molecule has 0 radical (unpaired) electrons. The Morgan fingerprint density at radius 1 is 0.370 bits per heavy atom. The molecule has 0 spiro atoms. The predicted molar refractivity (Wildman–Crippen MR) is 197 cm³/mol. The van der Waals surface area contributed by atoms with Crippen LogP contribution >= 0.6 is 0 Å². The van der Waals surface area contributed by atoms with Crippen LogP contribution in [0.3, 0.4) is 0 Å². The maximum absolute atomic E-state index is 2.41. The number of benzene rings is 8. The van der Waals surface area contributed by atoms with Crippen molar-refractivity contribution in [3.8, 4) is 22.3 Å².